The smallest absolute Gasteiger partial charge is 0.258 e. The fraction of sp³-hybridized carbons (Fsp3) is 0.174. The van der Waals surface area contributed by atoms with Gasteiger partial charge in [0.2, 0.25) is 5.91 Å². The van der Waals surface area contributed by atoms with Crippen molar-refractivity contribution in [2.45, 2.75) is 19.4 Å². The first-order chi connectivity index (χ1) is 14.4. The maximum Gasteiger partial charge on any atom is 0.258 e. The van der Waals surface area contributed by atoms with Gasteiger partial charge < -0.3 is 10.0 Å². The third-order valence-corrected chi connectivity index (χ3v) is 5.22. The number of amides is 2. The van der Waals surface area contributed by atoms with Gasteiger partial charge in [-0.15, -0.1) is 0 Å². The van der Waals surface area contributed by atoms with Crippen molar-refractivity contribution in [3.05, 3.63) is 70.2 Å². The zero-order chi connectivity index (χ0) is 21.4. The third-order valence-electron chi connectivity index (χ3n) is 5.22. The number of pyridine rings is 1. The molecule has 0 radical (unpaired) electrons. The van der Waals surface area contributed by atoms with Crippen LogP contribution in [-0.2, 0) is 24.2 Å². The number of nitrogens with one attached hydrogen (secondary N) is 1. The van der Waals surface area contributed by atoms with Gasteiger partial charge >= 0.3 is 0 Å². The molecule has 2 aromatic carbocycles. The first kappa shape index (κ1) is 19.4. The van der Waals surface area contributed by atoms with E-state index in [2.05, 4.69) is 16.3 Å². The van der Waals surface area contributed by atoms with Crippen LogP contribution in [0.25, 0.3) is 10.9 Å². The lowest BCUT2D eigenvalue weighted by molar-refractivity contribution is -0.119. The summed E-state index contributed by atoms with van der Waals surface area (Å²) in [6.45, 7) is 0.276. The molecule has 0 spiro atoms. The van der Waals surface area contributed by atoms with Crippen molar-refractivity contribution in [3.63, 3.8) is 0 Å². The summed E-state index contributed by atoms with van der Waals surface area (Å²) in [4.78, 5) is 30.6. The molecule has 2 heterocycles. The summed E-state index contributed by atoms with van der Waals surface area (Å²) in [5.41, 5.74) is 3.35. The first-order valence-corrected chi connectivity index (χ1v) is 9.28. The number of carbonyl (C=O) groups excluding carboxylic acids is 2. The minimum Gasteiger partial charge on any atom is -0.505 e. The molecule has 0 unspecified atom stereocenters. The van der Waals surface area contributed by atoms with Gasteiger partial charge in [-0.2, -0.15) is 0 Å². The molecule has 0 atom stereocenters. The van der Waals surface area contributed by atoms with E-state index in [4.69, 9.17) is 6.42 Å². The highest BCUT2D eigenvalue weighted by molar-refractivity contribution is 6.08. The highest BCUT2D eigenvalue weighted by Gasteiger charge is 2.33. The number of fused-ring (bicyclic) bond motifs is 2. The normalized spacial score (nSPS) is 12.7. The summed E-state index contributed by atoms with van der Waals surface area (Å²) < 4.78 is 13.2. The Bertz CT molecular complexity index is 1230. The summed E-state index contributed by atoms with van der Waals surface area (Å²) >= 11 is 0. The quantitative estimate of drug-likeness (QED) is 0.518. The van der Waals surface area contributed by atoms with Crippen LogP contribution in [0.5, 0.6) is 5.75 Å². The van der Waals surface area contributed by atoms with Gasteiger partial charge in [0.05, 0.1) is 12.0 Å². The largest absolute Gasteiger partial charge is 0.505 e. The maximum absolute atomic E-state index is 13.2. The van der Waals surface area contributed by atoms with E-state index >= 15 is 0 Å². The van der Waals surface area contributed by atoms with Crippen LogP contribution in [0.3, 0.4) is 0 Å². The topological polar surface area (TPSA) is 82.5 Å². The molecule has 30 heavy (non-hydrogen) atoms. The highest BCUT2D eigenvalue weighted by Crippen LogP contribution is 2.39. The molecular formula is C23H18FN3O3. The molecule has 4 rings (SSSR count). The Kier molecular flexibility index (Phi) is 4.84. The van der Waals surface area contributed by atoms with Gasteiger partial charge in [0.1, 0.15) is 11.3 Å². The second kappa shape index (κ2) is 7.48. The van der Waals surface area contributed by atoms with Crippen LogP contribution >= 0.6 is 0 Å². The average molecular weight is 403 g/mol. The van der Waals surface area contributed by atoms with Crippen LogP contribution in [0.2, 0.25) is 0 Å². The number of hydrogen-bond donors (Lipinski definition) is 2. The molecule has 150 valence electrons. The zero-order valence-corrected chi connectivity index (χ0v) is 16.2. The van der Waals surface area contributed by atoms with Crippen LogP contribution in [-0.4, -0.2) is 33.9 Å². The van der Waals surface area contributed by atoms with Crippen molar-refractivity contribution >= 4 is 22.7 Å². The summed E-state index contributed by atoms with van der Waals surface area (Å²) in [5, 5.41) is 13.6. The van der Waals surface area contributed by atoms with Crippen molar-refractivity contribution < 1.29 is 19.1 Å². The van der Waals surface area contributed by atoms with Crippen molar-refractivity contribution in [3.8, 4) is 18.2 Å². The highest BCUT2D eigenvalue weighted by atomic mass is 19.1. The van der Waals surface area contributed by atoms with E-state index in [0.29, 0.717) is 22.9 Å². The van der Waals surface area contributed by atoms with Gasteiger partial charge in [-0.25, -0.2) is 4.39 Å². The van der Waals surface area contributed by atoms with E-state index in [1.807, 2.05) is 6.07 Å². The molecule has 0 saturated carbocycles. The lowest BCUT2D eigenvalue weighted by Crippen LogP contribution is -2.20. The molecule has 2 amide bonds. The molecule has 0 saturated heterocycles. The van der Waals surface area contributed by atoms with Gasteiger partial charge in [-0.05, 0) is 46.9 Å². The molecule has 1 aliphatic rings. The first-order valence-electron chi connectivity index (χ1n) is 9.28. The number of phenols is 1. The number of benzene rings is 2. The van der Waals surface area contributed by atoms with E-state index in [-0.39, 0.29) is 41.5 Å². The molecule has 6 nitrogen and oxygen atoms in total. The number of aromatic nitrogens is 1. The van der Waals surface area contributed by atoms with Crippen molar-refractivity contribution in [1.29, 1.82) is 0 Å². The van der Waals surface area contributed by atoms with Crippen LogP contribution in [0, 0.1) is 18.3 Å². The van der Waals surface area contributed by atoms with E-state index in [0.717, 1.165) is 11.1 Å². The zero-order valence-electron chi connectivity index (χ0n) is 16.2. The number of hydrogen-bond acceptors (Lipinski definition) is 4. The third kappa shape index (κ3) is 3.33. The molecule has 7 heteroatoms. The van der Waals surface area contributed by atoms with Gasteiger partial charge in [-0.1, -0.05) is 18.6 Å². The molecule has 0 fully saturated rings. The number of halogens is 1. The van der Waals surface area contributed by atoms with E-state index < -0.39 is 5.91 Å². The predicted molar refractivity (Wildman–Crippen MR) is 109 cm³/mol. The molecular weight excluding hydrogens is 385 g/mol. The minimum absolute atomic E-state index is 0.0495. The van der Waals surface area contributed by atoms with E-state index in [1.165, 1.54) is 17.0 Å². The van der Waals surface area contributed by atoms with E-state index in [9.17, 15) is 19.1 Å². The Balaban J connectivity index is 1.87. The lowest BCUT2D eigenvalue weighted by Gasteiger charge is -2.14. The summed E-state index contributed by atoms with van der Waals surface area (Å²) in [7, 11) is 1.63. The molecule has 0 bridgehead atoms. The number of carbonyl (C=O) groups is 2. The van der Waals surface area contributed by atoms with Crippen LogP contribution in [0.4, 0.5) is 4.39 Å². The average Bonchev–Trinajstić information content (AvgIpc) is 3.02. The monoisotopic (exact) mass is 403 g/mol. The predicted octanol–water partition coefficient (Wildman–Crippen LogP) is 2.51. The molecule has 2 N–H and O–H groups in total. The lowest BCUT2D eigenvalue weighted by atomic mass is 9.93. The molecule has 1 aliphatic heterocycles. The fourth-order valence-electron chi connectivity index (χ4n) is 3.83. The van der Waals surface area contributed by atoms with Crippen LogP contribution in [0.1, 0.15) is 32.6 Å². The van der Waals surface area contributed by atoms with Crippen LogP contribution < -0.4 is 5.32 Å². The van der Waals surface area contributed by atoms with Gasteiger partial charge in [0, 0.05) is 31.2 Å². The number of phenolic OH excluding ortho intramolecular Hbond substituents is 1. The van der Waals surface area contributed by atoms with Crippen molar-refractivity contribution in [2.75, 3.05) is 7.05 Å². The standard InChI is InChI=1S/C23H18FN3O3/c1-3-25-19(28)10-16-17-9-14(8-13-4-6-15(24)7-5-13)11-26-21(17)22(29)20-18(16)12-27(2)23(20)30/h1,4-7,9,11,29H,8,10,12H2,2H3,(H,25,28). The Labute approximate surface area is 172 Å². The number of rotatable bonds is 4. The van der Waals surface area contributed by atoms with Crippen LogP contribution in [0.15, 0.2) is 36.5 Å². The van der Waals surface area contributed by atoms with Gasteiger partial charge in [-0.3, -0.25) is 19.9 Å². The number of terminal acetylenes is 1. The molecule has 1 aromatic heterocycles. The Hall–Kier alpha value is -3.92. The molecule has 3 aromatic rings. The van der Waals surface area contributed by atoms with E-state index in [1.54, 1.807) is 25.4 Å². The SMILES string of the molecule is C#CNC(=O)Cc1c2c(c(O)c3ncc(Cc4ccc(F)cc4)cc13)C(=O)N(C)C2. The van der Waals surface area contributed by atoms with Gasteiger partial charge in [0.15, 0.2) is 5.75 Å². The van der Waals surface area contributed by atoms with Crippen molar-refractivity contribution in [1.82, 2.24) is 15.2 Å². The van der Waals surface area contributed by atoms with Crippen molar-refractivity contribution in [2.24, 2.45) is 0 Å². The summed E-state index contributed by atoms with van der Waals surface area (Å²) in [5.74, 6) is -1.21. The fourth-order valence-corrected chi connectivity index (χ4v) is 3.83. The summed E-state index contributed by atoms with van der Waals surface area (Å²) in [6, 6.07) is 10.1. The Morgan fingerprint density at radius 1 is 1.33 bits per heavy atom. The second-order valence-electron chi connectivity index (χ2n) is 7.25. The van der Waals surface area contributed by atoms with Gasteiger partial charge in [0.25, 0.3) is 5.91 Å². The number of nitrogens with zero attached hydrogens (tertiary/aromatic N) is 2. The maximum atomic E-state index is 13.2. The number of aromatic hydroxyl groups is 1. The Morgan fingerprint density at radius 3 is 2.77 bits per heavy atom. The minimum atomic E-state index is -0.391. The second-order valence-corrected chi connectivity index (χ2v) is 7.25. The molecule has 0 aliphatic carbocycles. The Morgan fingerprint density at radius 2 is 2.07 bits per heavy atom. The summed E-state index contributed by atoms with van der Waals surface area (Å²) in [6.07, 6.45) is 7.22.